The molecule has 1 saturated carbocycles. The standard InChI is InChI=1S/C16H19N3S/c17-13-4-1-5-14-12(13)3-2-8-19(14)9-15-16(11-6-7-11)18-10-20-15/h1,4-5,10-11H,2-3,6-9,17H2. The molecule has 2 heterocycles. The topological polar surface area (TPSA) is 42.1 Å². The van der Waals surface area contributed by atoms with E-state index in [4.69, 9.17) is 5.73 Å². The predicted molar refractivity (Wildman–Crippen MR) is 84.3 cm³/mol. The van der Waals surface area contributed by atoms with Crippen molar-refractivity contribution < 1.29 is 0 Å². The Hall–Kier alpha value is -1.55. The molecule has 4 heteroatoms. The quantitative estimate of drug-likeness (QED) is 0.877. The average Bonchev–Trinajstić information content (AvgIpc) is 3.20. The van der Waals surface area contributed by atoms with Crippen molar-refractivity contribution in [3.63, 3.8) is 0 Å². The van der Waals surface area contributed by atoms with Crippen LogP contribution in [0.15, 0.2) is 23.7 Å². The molecule has 2 aliphatic rings. The first-order valence-corrected chi connectivity index (χ1v) is 8.25. The zero-order chi connectivity index (χ0) is 13.5. The van der Waals surface area contributed by atoms with Gasteiger partial charge in [-0.25, -0.2) is 4.98 Å². The van der Waals surface area contributed by atoms with Crippen LogP contribution in [0, 0.1) is 0 Å². The number of nitrogens with two attached hydrogens (primary N) is 1. The highest BCUT2D eigenvalue weighted by Gasteiger charge is 2.29. The number of thiazole rings is 1. The normalized spacial score (nSPS) is 18.1. The van der Waals surface area contributed by atoms with Crippen molar-refractivity contribution in [2.75, 3.05) is 17.2 Å². The van der Waals surface area contributed by atoms with Crippen molar-refractivity contribution in [1.29, 1.82) is 0 Å². The fourth-order valence-electron chi connectivity index (χ4n) is 3.15. The number of nitrogen functional groups attached to an aromatic ring is 1. The van der Waals surface area contributed by atoms with Gasteiger partial charge in [0.1, 0.15) is 0 Å². The maximum absolute atomic E-state index is 6.13. The van der Waals surface area contributed by atoms with Crippen molar-refractivity contribution in [1.82, 2.24) is 4.98 Å². The number of benzene rings is 1. The molecule has 104 valence electrons. The minimum atomic E-state index is 0.737. The lowest BCUT2D eigenvalue weighted by Crippen LogP contribution is -2.29. The Morgan fingerprint density at radius 2 is 2.25 bits per heavy atom. The number of aromatic nitrogens is 1. The van der Waals surface area contributed by atoms with Crippen LogP contribution >= 0.6 is 11.3 Å². The van der Waals surface area contributed by atoms with Gasteiger partial charge in [0.25, 0.3) is 0 Å². The highest BCUT2D eigenvalue weighted by Crippen LogP contribution is 2.42. The first-order chi connectivity index (χ1) is 9.83. The first-order valence-electron chi connectivity index (χ1n) is 7.37. The van der Waals surface area contributed by atoms with E-state index in [0.29, 0.717) is 0 Å². The van der Waals surface area contributed by atoms with Gasteiger partial charge in [-0.1, -0.05) is 6.07 Å². The summed E-state index contributed by atoms with van der Waals surface area (Å²) >= 11 is 1.81. The molecule has 0 saturated heterocycles. The van der Waals surface area contributed by atoms with Crippen molar-refractivity contribution in [3.05, 3.63) is 39.8 Å². The monoisotopic (exact) mass is 285 g/mol. The van der Waals surface area contributed by atoms with Crippen LogP contribution in [0.25, 0.3) is 0 Å². The molecule has 0 radical (unpaired) electrons. The first kappa shape index (κ1) is 12.2. The molecule has 0 unspecified atom stereocenters. The largest absolute Gasteiger partial charge is 0.398 e. The predicted octanol–water partition coefficient (Wildman–Crippen LogP) is 3.56. The van der Waals surface area contributed by atoms with Gasteiger partial charge in [0, 0.05) is 28.7 Å². The lowest BCUT2D eigenvalue weighted by molar-refractivity contribution is 0.693. The Morgan fingerprint density at radius 1 is 1.35 bits per heavy atom. The molecule has 3 nitrogen and oxygen atoms in total. The minimum absolute atomic E-state index is 0.737. The molecule has 1 aliphatic heterocycles. The van der Waals surface area contributed by atoms with Crippen LogP contribution in [-0.2, 0) is 13.0 Å². The number of rotatable bonds is 3. The van der Waals surface area contributed by atoms with Gasteiger partial charge in [-0.15, -0.1) is 11.3 Å². The summed E-state index contributed by atoms with van der Waals surface area (Å²) in [4.78, 5) is 8.51. The van der Waals surface area contributed by atoms with Crippen LogP contribution in [0.2, 0.25) is 0 Å². The Balaban J connectivity index is 1.64. The van der Waals surface area contributed by atoms with Gasteiger partial charge >= 0.3 is 0 Å². The van der Waals surface area contributed by atoms with Gasteiger partial charge in [0.2, 0.25) is 0 Å². The number of fused-ring (bicyclic) bond motifs is 1. The van der Waals surface area contributed by atoms with Crippen molar-refractivity contribution >= 4 is 22.7 Å². The molecule has 0 atom stereocenters. The lowest BCUT2D eigenvalue weighted by atomic mass is 10.00. The number of nitrogens with zero attached hydrogens (tertiary/aromatic N) is 2. The summed E-state index contributed by atoms with van der Waals surface area (Å²) in [6.45, 7) is 2.12. The van der Waals surface area contributed by atoms with Gasteiger partial charge in [-0.2, -0.15) is 0 Å². The molecule has 1 aromatic carbocycles. The van der Waals surface area contributed by atoms with E-state index in [1.165, 1.54) is 41.1 Å². The molecule has 1 fully saturated rings. The molecule has 1 aliphatic carbocycles. The van der Waals surface area contributed by atoms with Crippen LogP contribution in [0.4, 0.5) is 11.4 Å². The van der Waals surface area contributed by atoms with E-state index in [9.17, 15) is 0 Å². The van der Waals surface area contributed by atoms with E-state index in [2.05, 4.69) is 22.0 Å². The SMILES string of the molecule is Nc1cccc2c1CCCN2Cc1scnc1C1CC1. The molecule has 20 heavy (non-hydrogen) atoms. The second-order valence-electron chi connectivity index (χ2n) is 5.81. The summed E-state index contributed by atoms with van der Waals surface area (Å²) in [5.41, 5.74) is 13.1. The van der Waals surface area contributed by atoms with Gasteiger partial charge in [0.15, 0.2) is 0 Å². The molecule has 2 N–H and O–H groups in total. The second kappa shape index (κ2) is 4.77. The zero-order valence-electron chi connectivity index (χ0n) is 11.5. The van der Waals surface area contributed by atoms with E-state index >= 15 is 0 Å². The van der Waals surface area contributed by atoms with E-state index in [1.54, 1.807) is 11.3 Å². The minimum Gasteiger partial charge on any atom is -0.398 e. The maximum Gasteiger partial charge on any atom is 0.0798 e. The Bertz CT molecular complexity index is 630. The molecular weight excluding hydrogens is 266 g/mol. The maximum atomic E-state index is 6.13. The van der Waals surface area contributed by atoms with E-state index in [1.807, 2.05) is 11.6 Å². The molecule has 0 spiro atoms. The Morgan fingerprint density at radius 3 is 3.10 bits per heavy atom. The van der Waals surface area contributed by atoms with Crippen LogP contribution in [-0.4, -0.2) is 11.5 Å². The third-order valence-corrected chi connectivity index (χ3v) is 5.19. The number of hydrogen-bond acceptors (Lipinski definition) is 4. The third kappa shape index (κ3) is 2.08. The third-order valence-electron chi connectivity index (χ3n) is 4.35. The van der Waals surface area contributed by atoms with Crippen molar-refractivity contribution in [2.24, 2.45) is 0 Å². The summed E-state index contributed by atoms with van der Waals surface area (Å²) in [6.07, 6.45) is 4.94. The van der Waals surface area contributed by atoms with Gasteiger partial charge in [-0.05, 0) is 43.4 Å². The molecular formula is C16H19N3S. The molecule has 1 aromatic heterocycles. The molecule has 2 aromatic rings. The lowest BCUT2D eigenvalue weighted by Gasteiger charge is -2.31. The van der Waals surface area contributed by atoms with Crippen LogP contribution in [0.1, 0.15) is 41.3 Å². The summed E-state index contributed by atoms with van der Waals surface area (Å²) in [7, 11) is 0. The van der Waals surface area contributed by atoms with E-state index in [0.717, 1.165) is 31.1 Å². The summed E-state index contributed by atoms with van der Waals surface area (Å²) < 4.78 is 0. The molecule has 4 rings (SSSR count). The van der Waals surface area contributed by atoms with Crippen LogP contribution < -0.4 is 10.6 Å². The highest BCUT2D eigenvalue weighted by atomic mass is 32.1. The van der Waals surface area contributed by atoms with Crippen LogP contribution in [0.5, 0.6) is 0 Å². The Labute approximate surface area is 123 Å². The number of hydrogen-bond donors (Lipinski definition) is 1. The summed E-state index contributed by atoms with van der Waals surface area (Å²) in [5, 5.41) is 0. The second-order valence-corrected chi connectivity index (χ2v) is 6.74. The smallest absolute Gasteiger partial charge is 0.0798 e. The van der Waals surface area contributed by atoms with Crippen molar-refractivity contribution in [3.8, 4) is 0 Å². The van der Waals surface area contributed by atoms with Gasteiger partial charge in [0.05, 0.1) is 17.7 Å². The number of anilines is 2. The van der Waals surface area contributed by atoms with Crippen molar-refractivity contribution in [2.45, 2.75) is 38.1 Å². The zero-order valence-corrected chi connectivity index (χ0v) is 12.3. The molecule has 0 bridgehead atoms. The Kier molecular flexibility index (Phi) is 2.91. The summed E-state index contributed by atoms with van der Waals surface area (Å²) in [5.74, 6) is 0.737. The summed E-state index contributed by atoms with van der Waals surface area (Å²) in [6, 6.07) is 6.30. The fraction of sp³-hybridized carbons (Fsp3) is 0.438. The highest BCUT2D eigenvalue weighted by molar-refractivity contribution is 7.09. The molecule has 0 amide bonds. The fourth-order valence-corrected chi connectivity index (χ4v) is 4.02. The average molecular weight is 285 g/mol. The van der Waals surface area contributed by atoms with Gasteiger partial charge in [-0.3, -0.25) is 0 Å². The van der Waals surface area contributed by atoms with Crippen LogP contribution in [0.3, 0.4) is 0 Å². The van der Waals surface area contributed by atoms with E-state index < -0.39 is 0 Å². The van der Waals surface area contributed by atoms with Gasteiger partial charge < -0.3 is 10.6 Å². The van der Waals surface area contributed by atoms with E-state index in [-0.39, 0.29) is 0 Å².